The van der Waals surface area contributed by atoms with Crippen LogP contribution >= 0.6 is 43.5 Å². The highest BCUT2D eigenvalue weighted by Crippen LogP contribution is 2.34. The summed E-state index contributed by atoms with van der Waals surface area (Å²) >= 11 is 12.5. The van der Waals surface area contributed by atoms with Crippen LogP contribution in [0.5, 0.6) is 5.75 Å². The van der Waals surface area contributed by atoms with Crippen LogP contribution in [-0.4, -0.2) is 7.11 Å². The van der Waals surface area contributed by atoms with Crippen molar-refractivity contribution in [2.24, 2.45) is 5.73 Å². The molecule has 2 aromatic carbocycles. The summed E-state index contributed by atoms with van der Waals surface area (Å²) in [4.78, 5) is 0. The van der Waals surface area contributed by atoms with Crippen molar-refractivity contribution in [1.29, 1.82) is 0 Å². The molecule has 0 radical (unpaired) electrons. The minimum atomic E-state index is -0.449. The number of halogens is 4. The van der Waals surface area contributed by atoms with Crippen LogP contribution in [0.4, 0.5) is 4.39 Å². The van der Waals surface area contributed by atoms with Crippen LogP contribution in [0.25, 0.3) is 0 Å². The third-order valence-electron chi connectivity index (χ3n) is 2.91. The molecule has 0 aliphatic heterocycles. The fraction of sp³-hybridized carbons (Fsp3) is 0.143. The third kappa shape index (κ3) is 3.17. The second kappa shape index (κ2) is 6.43. The van der Waals surface area contributed by atoms with Gasteiger partial charge in [0, 0.05) is 16.1 Å². The predicted molar refractivity (Wildman–Crippen MR) is 85.8 cm³/mol. The van der Waals surface area contributed by atoms with Gasteiger partial charge in [0.1, 0.15) is 11.6 Å². The molecule has 2 rings (SSSR count). The Labute approximate surface area is 138 Å². The Morgan fingerprint density at radius 2 is 1.90 bits per heavy atom. The molecule has 20 heavy (non-hydrogen) atoms. The predicted octanol–water partition coefficient (Wildman–Crippen LogP) is 5.06. The van der Waals surface area contributed by atoms with Crippen molar-refractivity contribution in [2.75, 3.05) is 7.11 Å². The first-order valence-electron chi connectivity index (χ1n) is 5.67. The Bertz CT molecular complexity index is 651. The second-order valence-electron chi connectivity index (χ2n) is 4.16. The molecule has 0 bridgehead atoms. The molecular formula is C14H11Br2ClFNO. The highest BCUT2D eigenvalue weighted by atomic mass is 79.9. The Morgan fingerprint density at radius 1 is 1.20 bits per heavy atom. The molecule has 0 heterocycles. The summed E-state index contributed by atoms with van der Waals surface area (Å²) in [5.74, 6) is 0.0133. The van der Waals surface area contributed by atoms with Crippen LogP contribution in [0.1, 0.15) is 17.2 Å². The van der Waals surface area contributed by atoms with Gasteiger partial charge in [-0.15, -0.1) is 0 Å². The highest BCUT2D eigenvalue weighted by Gasteiger charge is 2.17. The van der Waals surface area contributed by atoms with E-state index < -0.39 is 11.9 Å². The van der Waals surface area contributed by atoms with E-state index in [4.69, 9.17) is 22.1 Å². The fourth-order valence-electron chi connectivity index (χ4n) is 1.85. The maximum Gasteiger partial charge on any atom is 0.141 e. The lowest BCUT2D eigenvalue weighted by Crippen LogP contribution is -2.13. The van der Waals surface area contributed by atoms with Gasteiger partial charge in [-0.2, -0.15) is 0 Å². The average molecular weight is 424 g/mol. The van der Waals surface area contributed by atoms with Crippen LogP contribution in [0, 0.1) is 5.82 Å². The number of rotatable bonds is 3. The lowest BCUT2D eigenvalue weighted by molar-refractivity contribution is 0.404. The lowest BCUT2D eigenvalue weighted by Gasteiger charge is -2.17. The zero-order chi connectivity index (χ0) is 14.9. The molecule has 0 aromatic heterocycles. The summed E-state index contributed by atoms with van der Waals surface area (Å²) in [7, 11) is 1.48. The van der Waals surface area contributed by atoms with Crippen molar-refractivity contribution in [3.05, 3.63) is 61.2 Å². The number of hydrogen-bond donors (Lipinski definition) is 1. The van der Waals surface area contributed by atoms with Crippen molar-refractivity contribution < 1.29 is 9.13 Å². The molecule has 2 N–H and O–H groups in total. The SMILES string of the molecule is COc1cc(F)c(Br)cc1C(N)c1ccc(Cl)c(Br)c1. The highest BCUT2D eigenvalue weighted by molar-refractivity contribution is 9.10. The molecule has 0 saturated heterocycles. The second-order valence-corrected chi connectivity index (χ2v) is 6.28. The van der Waals surface area contributed by atoms with E-state index in [2.05, 4.69) is 31.9 Å². The largest absolute Gasteiger partial charge is 0.496 e. The minimum Gasteiger partial charge on any atom is -0.496 e. The van der Waals surface area contributed by atoms with Gasteiger partial charge in [-0.1, -0.05) is 17.7 Å². The van der Waals surface area contributed by atoms with E-state index in [1.54, 1.807) is 12.1 Å². The van der Waals surface area contributed by atoms with Gasteiger partial charge in [0.05, 0.1) is 22.6 Å². The maximum atomic E-state index is 13.5. The van der Waals surface area contributed by atoms with Gasteiger partial charge >= 0.3 is 0 Å². The van der Waals surface area contributed by atoms with Gasteiger partial charge in [-0.3, -0.25) is 0 Å². The first-order chi connectivity index (χ1) is 9.43. The van der Waals surface area contributed by atoms with Crippen molar-refractivity contribution in [2.45, 2.75) is 6.04 Å². The molecule has 1 atom stereocenters. The summed E-state index contributed by atoms with van der Waals surface area (Å²) < 4.78 is 19.8. The summed E-state index contributed by atoms with van der Waals surface area (Å²) in [5, 5.41) is 0.605. The van der Waals surface area contributed by atoms with Gasteiger partial charge < -0.3 is 10.5 Å². The molecular weight excluding hydrogens is 412 g/mol. The molecule has 0 spiro atoms. The molecule has 2 nitrogen and oxygen atoms in total. The fourth-order valence-corrected chi connectivity index (χ4v) is 2.72. The first-order valence-corrected chi connectivity index (χ1v) is 7.64. The van der Waals surface area contributed by atoms with Gasteiger partial charge in [-0.05, 0) is 55.6 Å². The summed E-state index contributed by atoms with van der Waals surface area (Å²) in [6, 6.07) is 7.91. The number of hydrogen-bond acceptors (Lipinski definition) is 2. The number of ether oxygens (including phenoxy) is 1. The summed E-state index contributed by atoms with van der Waals surface area (Å²) in [5.41, 5.74) is 7.78. The molecule has 0 saturated carbocycles. The van der Waals surface area contributed by atoms with E-state index in [0.717, 1.165) is 10.0 Å². The Hall–Kier alpha value is -0.620. The smallest absolute Gasteiger partial charge is 0.141 e. The van der Waals surface area contributed by atoms with Crippen molar-refractivity contribution in [3.63, 3.8) is 0 Å². The van der Waals surface area contributed by atoms with E-state index in [-0.39, 0.29) is 0 Å². The monoisotopic (exact) mass is 421 g/mol. The molecule has 2 aromatic rings. The number of benzene rings is 2. The average Bonchev–Trinajstić information content (AvgIpc) is 2.43. The van der Waals surface area contributed by atoms with Crippen LogP contribution in [0.3, 0.4) is 0 Å². The maximum absolute atomic E-state index is 13.5. The summed E-state index contributed by atoms with van der Waals surface area (Å²) in [6.45, 7) is 0. The molecule has 0 amide bonds. The van der Waals surface area contributed by atoms with E-state index in [1.807, 2.05) is 12.1 Å². The van der Waals surface area contributed by atoms with Crippen LogP contribution in [-0.2, 0) is 0 Å². The van der Waals surface area contributed by atoms with Crippen molar-refractivity contribution in [1.82, 2.24) is 0 Å². The molecule has 0 fully saturated rings. The normalized spacial score (nSPS) is 12.3. The Balaban J connectivity index is 2.49. The number of methoxy groups -OCH3 is 1. The lowest BCUT2D eigenvalue weighted by atomic mass is 9.99. The minimum absolute atomic E-state index is 0.344. The molecule has 0 aliphatic rings. The van der Waals surface area contributed by atoms with Crippen molar-refractivity contribution >= 4 is 43.5 Å². The molecule has 6 heteroatoms. The summed E-state index contributed by atoms with van der Waals surface area (Å²) in [6.07, 6.45) is 0. The van der Waals surface area contributed by atoms with Crippen molar-refractivity contribution in [3.8, 4) is 5.75 Å². The number of nitrogens with two attached hydrogens (primary N) is 1. The van der Waals surface area contributed by atoms with Gasteiger partial charge in [0.25, 0.3) is 0 Å². The molecule has 1 unspecified atom stereocenters. The quantitative estimate of drug-likeness (QED) is 0.749. The van der Waals surface area contributed by atoms with Gasteiger partial charge in [0.2, 0.25) is 0 Å². The van der Waals surface area contributed by atoms with E-state index in [1.165, 1.54) is 13.2 Å². The molecule has 0 aliphatic carbocycles. The van der Waals surface area contributed by atoms with E-state index in [9.17, 15) is 4.39 Å². The van der Waals surface area contributed by atoms with Crippen LogP contribution in [0.2, 0.25) is 5.02 Å². The Kier molecular flexibility index (Phi) is 5.07. The third-order valence-corrected chi connectivity index (χ3v) is 4.73. The van der Waals surface area contributed by atoms with Gasteiger partial charge in [0.15, 0.2) is 0 Å². The first kappa shape index (κ1) is 15.8. The van der Waals surface area contributed by atoms with E-state index in [0.29, 0.717) is 20.8 Å². The van der Waals surface area contributed by atoms with Gasteiger partial charge in [-0.25, -0.2) is 4.39 Å². The topological polar surface area (TPSA) is 35.2 Å². The van der Waals surface area contributed by atoms with Crippen LogP contribution in [0.15, 0.2) is 39.3 Å². The molecule has 106 valence electrons. The standard InChI is InChI=1S/C14H11Br2ClFNO/c1-20-13-6-12(18)10(16)5-8(13)14(19)7-2-3-11(17)9(15)4-7/h2-6,14H,19H2,1H3. The van der Waals surface area contributed by atoms with E-state index >= 15 is 0 Å². The Morgan fingerprint density at radius 3 is 2.50 bits per heavy atom. The zero-order valence-electron chi connectivity index (χ0n) is 10.5. The van der Waals surface area contributed by atoms with Crippen LogP contribution < -0.4 is 10.5 Å². The zero-order valence-corrected chi connectivity index (χ0v) is 14.4.